The van der Waals surface area contributed by atoms with Crippen molar-refractivity contribution < 1.29 is 0 Å². The summed E-state index contributed by atoms with van der Waals surface area (Å²) in [7, 11) is 1.94. The Morgan fingerprint density at radius 3 is 2.60 bits per heavy atom. The molecule has 0 spiro atoms. The molecule has 8 heteroatoms. The fraction of sp³-hybridized carbons (Fsp3) is 0.500. The van der Waals surface area contributed by atoms with Crippen LogP contribution in [0.4, 0.5) is 11.6 Å². The highest BCUT2D eigenvalue weighted by Gasteiger charge is 2.04. The topological polar surface area (TPSA) is 80.5 Å². The number of hydrogen-bond acceptors (Lipinski definition) is 7. The summed E-state index contributed by atoms with van der Waals surface area (Å²) in [4.78, 5) is 8.82. The van der Waals surface area contributed by atoms with Crippen LogP contribution < -0.4 is 10.6 Å². The van der Waals surface area contributed by atoms with Crippen LogP contribution in [-0.4, -0.2) is 44.1 Å². The zero-order chi connectivity index (χ0) is 14.4. The van der Waals surface area contributed by atoms with Crippen molar-refractivity contribution in [3.8, 4) is 0 Å². The van der Waals surface area contributed by atoms with Gasteiger partial charge in [0, 0.05) is 32.6 Å². The van der Waals surface area contributed by atoms with E-state index < -0.39 is 0 Å². The lowest BCUT2D eigenvalue weighted by Crippen LogP contribution is -2.11. The molecule has 7 nitrogen and oxygen atoms in total. The Hall–Kier alpha value is -1.83. The molecule has 0 saturated carbocycles. The van der Waals surface area contributed by atoms with Crippen LogP contribution in [0, 0.1) is 0 Å². The van der Waals surface area contributed by atoms with Crippen LogP contribution >= 0.6 is 11.8 Å². The Labute approximate surface area is 122 Å². The molecule has 2 N–H and O–H groups in total. The molecule has 0 atom stereocenters. The maximum atomic E-state index is 4.43. The van der Waals surface area contributed by atoms with E-state index in [1.807, 2.05) is 30.9 Å². The Morgan fingerprint density at radius 2 is 2.00 bits per heavy atom. The predicted octanol–water partition coefficient (Wildman–Crippen LogP) is 1.41. The summed E-state index contributed by atoms with van der Waals surface area (Å²) in [6, 6.07) is 1.92. The van der Waals surface area contributed by atoms with Crippen LogP contribution in [-0.2, 0) is 13.5 Å². The number of hydrogen-bond donors (Lipinski definition) is 2. The molecule has 2 rings (SSSR count). The predicted molar refractivity (Wildman–Crippen MR) is 81.2 cm³/mol. The van der Waals surface area contributed by atoms with E-state index in [0.29, 0.717) is 0 Å². The van der Waals surface area contributed by atoms with Gasteiger partial charge in [0.05, 0.1) is 0 Å². The van der Waals surface area contributed by atoms with Gasteiger partial charge in [0.25, 0.3) is 0 Å². The van der Waals surface area contributed by atoms with Crippen molar-refractivity contribution in [3.63, 3.8) is 0 Å². The van der Waals surface area contributed by atoms with E-state index in [0.717, 1.165) is 42.1 Å². The number of anilines is 2. The third kappa shape index (κ3) is 3.83. The zero-order valence-corrected chi connectivity index (χ0v) is 12.7. The Balaban J connectivity index is 1.97. The molecule has 2 heterocycles. The van der Waals surface area contributed by atoms with Gasteiger partial charge in [-0.3, -0.25) is 0 Å². The molecule has 2 aromatic heterocycles. The molecule has 0 aliphatic carbocycles. The molecule has 2 aromatic rings. The van der Waals surface area contributed by atoms with Gasteiger partial charge < -0.3 is 15.2 Å². The fourth-order valence-electron chi connectivity index (χ4n) is 1.71. The van der Waals surface area contributed by atoms with Gasteiger partial charge in [0.1, 0.15) is 23.8 Å². The highest BCUT2D eigenvalue weighted by molar-refractivity contribution is 7.98. The number of rotatable bonds is 7. The minimum Gasteiger partial charge on any atom is -0.370 e. The summed E-state index contributed by atoms with van der Waals surface area (Å²) in [6.07, 6.45) is 4.47. The molecule has 0 aromatic carbocycles. The number of thioether (sulfide) groups is 1. The van der Waals surface area contributed by atoms with Gasteiger partial charge in [-0.25, -0.2) is 9.97 Å². The molecule has 20 heavy (non-hydrogen) atoms. The molecular formula is C12H19N7S. The molecule has 108 valence electrons. The van der Waals surface area contributed by atoms with Gasteiger partial charge in [0.15, 0.2) is 5.16 Å². The van der Waals surface area contributed by atoms with E-state index in [-0.39, 0.29) is 0 Å². The molecule has 0 aliphatic rings. The normalized spacial score (nSPS) is 10.6. The third-order valence-corrected chi connectivity index (χ3v) is 3.25. The molecule has 0 saturated heterocycles. The standard InChI is InChI=1S/C12H19N7S/c1-4-13-9-7-10(17-12(16-9)20-3)14-6-5-11-18-15-8-19(11)2/h7-8H,4-6H2,1-3H3,(H2,13,14,16,17). The quantitative estimate of drug-likeness (QED) is 0.590. The van der Waals surface area contributed by atoms with E-state index >= 15 is 0 Å². The van der Waals surface area contributed by atoms with E-state index in [9.17, 15) is 0 Å². The summed E-state index contributed by atoms with van der Waals surface area (Å²) >= 11 is 1.53. The Kier molecular flexibility index (Phi) is 5.16. The van der Waals surface area contributed by atoms with Gasteiger partial charge >= 0.3 is 0 Å². The smallest absolute Gasteiger partial charge is 0.191 e. The second-order valence-corrected chi connectivity index (χ2v) is 4.96. The highest BCUT2D eigenvalue weighted by atomic mass is 32.2. The molecule has 0 amide bonds. The summed E-state index contributed by atoms with van der Waals surface area (Å²) in [5, 5.41) is 15.2. The maximum Gasteiger partial charge on any atom is 0.191 e. The first-order chi connectivity index (χ1) is 9.72. The van der Waals surface area contributed by atoms with Gasteiger partial charge in [0.2, 0.25) is 0 Å². The minimum absolute atomic E-state index is 0.753. The second-order valence-electron chi connectivity index (χ2n) is 4.19. The average Bonchev–Trinajstić information content (AvgIpc) is 2.84. The minimum atomic E-state index is 0.753. The lowest BCUT2D eigenvalue weighted by Gasteiger charge is -2.09. The van der Waals surface area contributed by atoms with Crippen LogP contribution in [0.5, 0.6) is 0 Å². The largest absolute Gasteiger partial charge is 0.370 e. The fourth-order valence-corrected chi connectivity index (χ4v) is 2.09. The van der Waals surface area contributed by atoms with Crippen molar-refractivity contribution in [1.82, 2.24) is 24.7 Å². The van der Waals surface area contributed by atoms with Crippen molar-refractivity contribution in [2.24, 2.45) is 7.05 Å². The van der Waals surface area contributed by atoms with E-state index in [4.69, 9.17) is 0 Å². The van der Waals surface area contributed by atoms with Crippen LogP contribution in [0.1, 0.15) is 12.7 Å². The van der Waals surface area contributed by atoms with Gasteiger partial charge in [-0.05, 0) is 13.2 Å². The molecule has 0 radical (unpaired) electrons. The first kappa shape index (κ1) is 14.6. The summed E-state index contributed by atoms with van der Waals surface area (Å²) in [5.41, 5.74) is 0. The van der Waals surface area contributed by atoms with Crippen LogP contribution in [0.2, 0.25) is 0 Å². The summed E-state index contributed by atoms with van der Waals surface area (Å²) in [6.45, 7) is 3.63. The van der Waals surface area contributed by atoms with E-state index in [2.05, 4.69) is 30.8 Å². The second kappa shape index (κ2) is 7.09. The third-order valence-electron chi connectivity index (χ3n) is 2.71. The van der Waals surface area contributed by atoms with Crippen molar-refractivity contribution in [2.75, 3.05) is 30.0 Å². The molecular weight excluding hydrogens is 274 g/mol. The molecule has 0 unspecified atom stereocenters. The van der Waals surface area contributed by atoms with Crippen molar-refractivity contribution in [1.29, 1.82) is 0 Å². The van der Waals surface area contributed by atoms with Crippen LogP contribution in [0.25, 0.3) is 0 Å². The average molecular weight is 293 g/mol. The van der Waals surface area contributed by atoms with Crippen molar-refractivity contribution in [2.45, 2.75) is 18.5 Å². The monoisotopic (exact) mass is 293 g/mol. The van der Waals surface area contributed by atoms with E-state index in [1.165, 1.54) is 11.8 Å². The first-order valence-corrected chi connectivity index (χ1v) is 7.69. The lowest BCUT2D eigenvalue weighted by molar-refractivity contribution is 0.786. The SMILES string of the molecule is CCNc1cc(NCCc2nncn2C)nc(SC)n1. The van der Waals surface area contributed by atoms with Crippen LogP contribution in [0.15, 0.2) is 17.6 Å². The lowest BCUT2D eigenvalue weighted by atomic mass is 10.4. The summed E-state index contributed by atoms with van der Waals surface area (Å²) < 4.78 is 1.92. The molecule has 0 fully saturated rings. The van der Waals surface area contributed by atoms with Crippen molar-refractivity contribution in [3.05, 3.63) is 18.2 Å². The van der Waals surface area contributed by atoms with E-state index in [1.54, 1.807) is 6.33 Å². The molecule has 0 bridgehead atoms. The van der Waals surface area contributed by atoms with Crippen LogP contribution in [0.3, 0.4) is 0 Å². The first-order valence-electron chi connectivity index (χ1n) is 6.46. The summed E-state index contributed by atoms with van der Waals surface area (Å²) in [5.74, 6) is 2.61. The number of nitrogens with zero attached hydrogens (tertiary/aromatic N) is 5. The van der Waals surface area contributed by atoms with Gasteiger partial charge in [-0.15, -0.1) is 10.2 Å². The maximum absolute atomic E-state index is 4.43. The number of aryl methyl sites for hydroxylation is 1. The number of nitrogens with one attached hydrogen (secondary N) is 2. The molecule has 0 aliphatic heterocycles. The highest BCUT2D eigenvalue weighted by Crippen LogP contribution is 2.17. The Morgan fingerprint density at radius 1 is 1.25 bits per heavy atom. The number of aromatic nitrogens is 5. The van der Waals surface area contributed by atoms with Gasteiger partial charge in [-0.1, -0.05) is 11.8 Å². The Bertz CT molecular complexity index is 554. The zero-order valence-electron chi connectivity index (χ0n) is 11.9. The van der Waals surface area contributed by atoms with Crippen molar-refractivity contribution >= 4 is 23.4 Å². The van der Waals surface area contributed by atoms with Gasteiger partial charge in [-0.2, -0.15) is 0 Å².